The zero-order valence-electron chi connectivity index (χ0n) is 10.1. The Morgan fingerprint density at radius 3 is 2.74 bits per heavy atom. The molecule has 19 heavy (non-hydrogen) atoms. The van der Waals surface area contributed by atoms with Gasteiger partial charge in [0, 0.05) is 18.9 Å². The third-order valence-electron chi connectivity index (χ3n) is 3.17. The fraction of sp³-hybridized carbons (Fsp3) is 0.385. The minimum absolute atomic E-state index is 0.0733. The number of amides is 1. The van der Waals surface area contributed by atoms with E-state index in [2.05, 4.69) is 11.4 Å². The highest BCUT2D eigenvalue weighted by molar-refractivity contribution is 6.31. The van der Waals surface area contributed by atoms with Crippen LogP contribution in [0.4, 0.5) is 10.1 Å². The molecule has 4 nitrogen and oxygen atoms in total. The van der Waals surface area contributed by atoms with Gasteiger partial charge in [0.25, 0.3) is 0 Å². The molecule has 1 aromatic rings. The molecule has 0 aromatic heterocycles. The smallest absolute Gasteiger partial charge is 0.245 e. The molecule has 1 aromatic carbocycles. The first-order valence-electron chi connectivity index (χ1n) is 5.83. The van der Waals surface area contributed by atoms with Crippen molar-refractivity contribution in [2.24, 2.45) is 5.41 Å². The SMILES string of the molecule is N#CC1(C(=O)Nc2ccc(F)c(Cl)c2)CCOCC1. The first kappa shape index (κ1) is 13.8. The second kappa shape index (κ2) is 5.55. The van der Waals surface area contributed by atoms with Crippen molar-refractivity contribution in [3.8, 4) is 6.07 Å². The highest BCUT2D eigenvalue weighted by atomic mass is 35.5. The Hall–Kier alpha value is -1.64. The number of ether oxygens (including phenoxy) is 1. The molecule has 2 rings (SSSR count). The second-order valence-electron chi connectivity index (χ2n) is 4.39. The lowest BCUT2D eigenvalue weighted by molar-refractivity contribution is -0.126. The maximum absolute atomic E-state index is 13.0. The van der Waals surface area contributed by atoms with Crippen molar-refractivity contribution < 1.29 is 13.9 Å². The molecular weight excluding hydrogens is 271 g/mol. The normalized spacial score (nSPS) is 17.5. The summed E-state index contributed by atoms with van der Waals surface area (Å²) < 4.78 is 18.2. The topological polar surface area (TPSA) is 62.1 Å². The summed E-state index contributed by atoms with van der Waals surface area (Å²) >= 11 is 5.64. The molecule has 1 amide bonds. The molecule has 1 heterocycles. The number of rotatable bonds is 2. The molecule has 1 saturated heterocycles. The summed E-state index contributed by atoms with van der Waals surface area (Å²) in [7, 11) is 0. The van der Waals surface area contributed by atoms with Crippen molar-refractivity contribution in [2.75, 3.05) is 18.5 Å². The molecule has 0 spiro atoms. The largest absolute Gasteiger partial charge is 0.381 e. The zero-order chi connectivity index (χ0) is 13.9. The van der Waals surface area contributed by atoms with Crippen molar-refractivity contribution in [1.29, 1.82) is 5.26 Å². The van der Waals surface area contributed by atoms with Crippen molar-refractivity contribution in [3.63, 3.8) is 0 Å². The monoisotopic (exact) mass is 282 g/mol. The summed E-state index contributed by atoms with van der Waals surface area (Å²) in [5.41, 5.74) is -0.712. The Kier molecular flexibility index (Phi) is 4.03. The summed E-state index contributed by atoms with van der Waals surface area (Å²) in [6.45, 7) is 0.760. The van der Waals surface area contributed by atoms with E-state index in [4.69, 9.17) is 16.3 Å². The average molecular weight is 283 g/mol. The van der Waals surface area contributed by atoms with E-state index in [-0.39, 0.29) is 5.02 Å². The lowest BCUT2D eigenvalue weighted by Gasteiger charge is -2.29. The van der Waals surface area contributed by atoms with Crippen LogP contribution in [-0.4, -0.2) is 19.1 Å². The number of nitriles is 1. The van der Waals surface area contributed by atoms with Crippen LogP contribution in [0.5, 0.6) is 0 Å². The number of nitrogens with one attached hydrogen (secondary N) is 1. The van der Waals surface area contributed by atoms with Gasteiger partial charge >= 0.3 is 0 Å². The van der Waals surface area contributed by atoms with Gasteiger partial charge in [-0.05, 0) is 31.0 Å². The van der Waals surface area contributed by atoms with Gasteiger partial charge in [-0.25, -0.2) is 4.39 Å². The lowest BCUT2D eigenvalue weighted by Crippen LogP contribution is -2.39. The molecule has 0 atom stereocenters. The molecule has 6 heteroatoms. The van der Waals surface area contributed by atoms with Crippen LogP contribution in [0.15, 0.2) is 18.2 Å². The Bertz CT molecular complexity index is 536. The third kappa shape index (κ3) is 2.86. The molecular formula is C13H12ClFN2O2. The molecule has 100 valence electrons. The van der Waals surface area contributed by atoms with Crippen LogP contribution in [0, 0.1) is 22.6 Å². The fourth-order valence-electron chi connectivity index (χ4n) is 1.93. The number of halogens is 2. The van der Waals surface area contributed by atoms with Crippen LogP contribution >= 0.6 is 11.6 Å². The number of benzene rings is 1. The predicted molar refractivity (Wildman–Crippen MR) is 68.1 cm³/mol. The summed E-state index contributed by atoms with van der Waals surface area (Å²) in [6, 6.07) is 5.96. The van der Waals surface area contributed by atoms with E-state index in [0.29, 0.717) is 31.7 Å². The number of carbonyl (C=O) groups is 1. The second-order valence-corrected chi connectivity index (χ2v) is 4.80. The van der Waals surface area contributed by atoms with Gasteiger partial charge in [0.15, 0.2) is 0 Å². The van der Waals surface area contributed by atoms with E-state index in [1.807, 2.05) is 0 Å². The maximum Gasteiger partial charge on any atom is 0.245 e. The summed E-state index contributed by atoms with van der Waals surface area (Å²) in [5, 5.41) is 11.8. The Balaban J connectivity index is 2.15. The molecule has 0 aliphatic carbocycles. The van der Waals surface area contributed by atoms with E-state index < -0.39 is 17.1 Å². The van der Waals surface area contributed by atoms with Gasteiger partial charge < -0.3 is 10.1 Å². The first-order chi connectivity index (χ1) is 9.07. The maximum atomic E-state index is 13.0. The molecule has 0 radical (unpaired) electrons. The minimum atomic E-state index is -1.08. The molecule has 0 saturated carbocycles. The van der Waals surface area contributed by atoms with Gasteiger partial charge in [-0.2, -0.15) is 5.26 Å². The van der Waals surface area contributed by atoms with E-state index in [1.165, 1.54) is 18.2 Å². The molecule has 1 aliphatic heterocycles. The summed E-state index contributed by atoms with van der Waals surface area (Å²) in [5.74, 6) is -0.957. The third-order valence-corrected chi connectivity index (χ3v) is 3.46. The molecule has 0 bridgehead atoms. The van der Waals surface area contributed by atoms with Crippen molar-refractivity contribution >= 4 is 23.2 Å². The summed E-state index contributed by atoms with van der Waals surface area (Å²) in [6.07, 6.45) is 0.703. The van der Waals surface area contributed by atoms with Gasteiger partial charge in [0.1, 0.15) is 11.2 Å². The number of anilines is 1. The highest BCUT2D eigenvalue weighted by Gasteiger charge is 2.40. The average Bonchev–Trinajstić information content (AvgIpc) is 2.43. The minimum Gasteiger partial charge on any atom is -0.381 e. The van der Waals surface area contributed by atoms with Crippen LogP contribution in [0.2, 0.25) is 5.02 Å². The van der Waals surface area contributed by atoms with Crippen LogP contribution in [-0.2, 0) is 9.53 Å². The standard InChI is InChI=1S/C13H12ClFN2O2/c14-10-7-9(1-2-11(10)15)17-12(18)13(8-16)3-5-19-6-4-13/h1-2,7H,3-6H2,(H,17,18). The molecule has 1 fully saturated rings. The van der Waals surface area contributed by atoms with Crippen LogP contribution < -0.4 is 5.32 Å². The van der Waals surface area contributed by atoms with E-state index in [0.717, 1.165) is 0 Å². The highest BCUT2D eigenvalue weighted by Crippen LogP contribution is 2.31. The van der Waals surface area contributed by atoms with Crippen molar-refractivity contribution in [3.05, 3.63) is 29.0 Å². The van der Waals surface area contributed by atoms with Gasteiger partial charge in [0.2, 0.25) is 5.91 Å². The van der Waals surface area contributed by atoms with Gasteiger partial charge in [-0.15, -0.1) is 0 Å². The Morgan fingerprint density at radius 1 is 1.47 bits per heavy atom. The zero-order valence-corrected chi connectivity index (χ0v) is 10.8. The number of carbonyl (C=O) groups excluding carboxylic acids is 1. The molecule has 1 N–H and O–H groups in total. The van der Waals surface area contributed by atoms with Gasteiger partial charge in [-0.1, -0.05) is 11.6 Å². The lowest BCUT2D eigenvalue weighted by atomic mass is 9.81. The molecule has 1 aliphatic rings. The van der Waals surface area contributed by atoms with E-state index >= 15 is 0 Å². The quantitative estimate of drug-likeness (QED) is 0.907. The summed E-state index contributed by atoms with van der Waals surface area (Å²) in [4.78, 5) is 12.2. The van der Waals surface area contributed by atoms with Crippen LogP contribution in [0.1, 0.15) is 12.8 Å². The van der Waals surface area contributed by atoms with Crippen molar-refractivity contribution in [1.82, 2.24) is 0 Å². The number of nitrogens with zero attached hydrogens (tertiary/aromatic N) is 1. The molecule has 0 unspecified atom stereocenters. The van der Waals surface area contributed by atoms with Crippen molar-refractivity contribution in [2.45, 2.75) is 12.8 Å². The predicted octanol–water partition coefficient (Wildman–Crippen LogP) is 2.74. The van der Waals surface area contributed by atoms with Gasteiger partial charge in [-0.3, -0.25) is 4.79 Å². The van der Waals surface area contributed by atoms with Crippen LogP contribution in [0.25, 0.3) is 0 Å². The Labute approximate surface area is 115 Å². The van der Waals surface area contributed by atoms with E-state index in [1.54, 1.807) is 0 Å². The fourth-order valence-corrected chi connectivity index (χ4v) is 2.11. The van der Waals surface area contributed by atoms with Gasteiger partial charge in [0.05, 0.1) is 11.1 Å². The first-order valence-corrected chi connectivity index (χ1v) is 6.21. The number of hydrogen-bond donors (Lipinski definition) is 1. The number of hydrogen-bond acceptors (Lipinski definition) is 3. The van der Waals surface area contributed by atoms with Crippen LogP contribution in [0.3, 0.4) is 0 Å². The Morgan fingerprint density at radius 2 is 2.16 bits per heavy atom. The van der Waals surface area contributed by atoms with E-state index in [9.17, 15) is 14.4 Å².